The zero-order valence-electron chi connectivity index (χ0n) is 6.47. The summed E-state index contributed by atoms with van der Waals surface area (Å²) in [7, 11) is 0. The van der Waals surface area contributed by atoms with E-state index in [0.29, 0.717) is 17.4 Å². The van der Waals surface area contributed by atoms with Gasteiger partial charge in [-0.05, 0) is 6.92 Å². The van der Waals surface area contributed by atoms with Crippen molar-refractivity contribution >= 4 is 11.7 Å². The van der Waals surface area contributed by atoms with Crippen molar-refractivity contribution in [1.29, 1.82) is 0 Å². The topological polar surface area (TPSA) is 64.6 Å². The second-order valence-electron chi connectivity index (χ2n) is 2.27. The van der Waals surface area contributed by atoms with Crippen molar-refractivity contribution in [3.63, 3.8) is 0 Å². The molecule has 59 valence electrons. The highest BCUT2D eigenvalue weighted by Crippen LogP contribution is 1.99. The van der Waals surface area contributed by atoms with E-state index in [4.69, 9.17) is 0 Å². The molecule has 0 amide bonds. The summed E-state index contributed by atoms with van der Waals surface area (Å²) in [6, 6.07) is 0. The molecule has 1 aromatic rings. The van der Waals surface area contributed by atoms with Gasteiger partial charge < -0.3 is 0 Å². The summed E-state index contributed by atoms with van der Waals surface area (Å²) in [6.07, 6.45) is 4.81. The Morgan fingerprint density at radius 3 is 2.67 bits per heavy atom. The Labute approximate surface area is 69.3 Å². The first-order valence-corrected chi connectivity index (χ1v) is 3.46. The van der Waals surface area contributed by atoms with Crippen LogP contribution in [0.25, 0.3) is 0 Å². The van der Waals surface area contributed by atoms with E-state index in [2.05, 4.69) is 25.5 Å². The molecule has 0 unspecified atom stereocenters. The van der Waals surface area contributed by atoms with Crippen LogP contribution in [0.3, 0.4) is 0 Å². The third kappa shape index (κ3) is 1.16. The Balaban J connectivity index is 2.25. The van der Waals surface area contributed by atoms with Gasteiger partial charge in [-0.2, -0.15) is 0 Å². The number of nitrogens with zero attached hydrogens (tertiary/aromatic N) is 5. The van der Waals surface area contributed by atoms with Gasteiger partial charge in [0.25, 0.3) is 0 Å². The maximum absolute atomic E-state index is 4.06. The molecule has 1 aliphatic heterocycles. The van der Waals surface area contributed by atoms with E-state index in [0.717, 1.165) is 0 Å². The molecule has 2 heterocycles. The number of amidine groups is 2. The van der Waals surface area contributed by atoms with Crippen molar-refractivity contribution < 1.29 is 0 Å². The van der Waals surface area contributed by atoms with Gasteiger partial charge in [-0.25, -0.2) is 10.3 Å². The first kappa shape index (κ1) is 6.90. The SMILES string of the molecule is CC1=NN=C(c2cnccn2)[N]1. The molecule has 12 heavy (non-hydrogen) atoms. The fraction of sp³-hybridized carbons (Fsp3) is 0.143. The standard InChI is InChI=1S/C7H6N5/c1-5-10-7(12-11-5)6-4-8-2-3-9-6/h2-4H,1H3. The Morgan fingerprint density at radius 1 is 1.17 bits per heavy atom. The van der Waals surface area contributed by atoms with E-state index in [-0.39, 0.29) is 0 Å². The third-order valence-electron chi connectivity index (χ3n) is 1.35. The second-order valence-corrected chi connectivity index (χ2v) is 2.27. The Bertz CT molecular complexity index is 340. The molecule has 0 saturated heterocycles. The van der Waals surface area contributed by atoms with Crippen LogP contribution < -0.4 is 5.32 Å². The van der Waals surface area contributed by atoms with Gasteiger partial charge in [0.1, 0.15) is 5.69 Å². The lowest BCUT2D eigenvalue weighted by Gasteiger charge is -1.95. The lowest BCUT2D eigenvalue weighted by Crippen LogP contribution is -2.17. The molecule has 2 rings (SSSR count). The molecule has 0 aromatic carbocycles. The van der Waals surface area contributed by atoms with Crippen molar-refractivity contribution in [2.45, 2.75) is 6.92 Å². The number of rotatable bonds is 1. The summed E-state index contributed by atoms with van der Waals surface area (Å²) in [5.74, 6) is 1.18. The summed E-state index contributed by atoms with van der Waals surface area (Å²) in [5, 5.41) is 11.6. The molecule has 0 saturated carbocycles. The molecule has 0 aliphatic carbocycles. The maximum atomic E-state index is 4.06. The van der Waals surface area contributed by atoms with Crippen molar-refractivity contribution in [2.75, 3.05) is 0 Å². The molecular formula is C7H6N5. The summed E-state index contributed by atoms with van der Waals surface area (Å²) in [6.45, 7) is 1.78. The average molecular weight is 160 g/mol. The molecule has 0 spiro atoms. The van der Waals surface area contributed by atoms with Crippen molar-refractivity contribution in [3.8, 4) is 0 Å². The first-order valence-electron chi connectivity index (χ1n) is 3.46. The minimum absolute atomic E-state index is 0.528. The van der Waals surface area contributed by atoms with Gasteiger partial charge >= 0.3 is 0 Å². The Kier molecular flexibility index (Phi) is 1.55. The van der Waals surface area contributed by atoms with Crippen LogP contribution in [-0.4, -0.2) is 21.6 Å². The van der Waals surface area contributed by atoms with Crippen LogP contribution in [0.2, 0.25) is 0 Å². The predicted molar refractivity (Wildman–Crippen MR) is 43.8 cm³/mol. The Morgan fingerprint density at radius 2 is 2.08 bits per heavy atom. The molecule has 5 heteroatoms. The minimum Gasteiger partial charge on any atom is -0.261 e. The number of hydrogen-bond donors (Lipinski definition) is 0. The monoisotopic (exact) mass is 160 g/mol. The smallest absolute Gasteiger partial charge is 0.203 e. The molecule has 0 bridgehead atoms. The van der Waals surface area contributed by atoms with E-state index in [1.54, 1.807) is 25.5 Å². The van der Waals surface area contributed by atoms with Crippen LogP contribution in [-0.2, 0) is 0 Å². The Hall–Kier alpha value is -1.78. The first-order chi connectivity index (χ1) is 5.86. The fourth-order valence-corrected chi connectivity index (χ4v) is 0.841. The highest BCUT2D eigenvalue weighted by atomic mass is 15.3. The molecule has 1 aromatic heterocycles. The zero-order chi connectivity index (χ0) is 8.39. The molecule has 0 N–H and O–H groups in total. The van der Waals surface area contributed by atoms with Gasteiger partial charge in [-0.1, -0.05) is 0 Å². The van der Waals surface area contributed by atoms with E-state index < -0.39 is 0 Å². The lowest BCUT2D eigenvalue weighted by molar-refractivity contribution is 1.15. The summed E-state index contributed by atoms with van der Waals surface area (Å²) < 4.78 is 0. The molecular weight excluding hydrogens is 154 g/mol. The van der Waals surface area contributed by atoms with Crippen LogP contribution in [0.4, 0.5) is 0 Å². The van der Waals surface area contributed by atoms with Crippen molar-refractivity contribution in [1.82, 2.24) is 15.3 Å². The van der Waals surface area contributed by atoms with E-state index in [9.17, 15) is 0 Å². The highest BCUT2D eigenvalue weighted by Gasteiger charge is 2.12. The van der Waals surface area contributed by atoms with Gasteiger partial charge in [0.2, 0.25) is 5.84 Å². The van der Waals surface area contributed by atoms with Gasteiger partial charge in [0.15, 0.2) is 5.84 Å². The van der Waals surface area contributed by atoms with E-state index >= 15 is 0 Å². The van der Waals surface area contributed by atoms with Crippen molar-refractivity contribution in [3.05, 3.63) is 24.3 Å². The lowest BCUT2D eigenvalue weighted by atomic mass is 10.4. The van der Waals surface area contributed by atoms with Crippen LogP contribution in [0.15, 0.2) is 28.8 Å². The highest BCUT2D eigenvalue weighted by molar-refractivity contribution is 6.09. The molecule has 5 nitrogen and oxygen atoms in total. The largest absolute Gasteiger partial charge is 0.261 e. The minimum atomic E-state index is 0.528. The normalized spacial score (nSPS) is 15.1. The van der Waals surface area contributed by atoms with Gasteiger partial charge in [0.05, 0.1) is 6.20 Å². The summed E-state index contributed by atoms with van der Waals surface area (Å²) in [4.78, 5) is 7.93. The fourth-order valence-electron chi connectivity index (χ4n) is 0.841. The molecule has 0 fully saturated rings. The average Bonchev–Trinajstić information content (AvgIpc) is 2.54. The third-order valence-corrected chi connectivity index (χ3v) is 1.35. The van der Waals surface area contributed by atoms with Gasteiger partial charge in [0, 0.05) is 12.4 Å². The second kappa shape index (κ2) is 2.69. The van der Waals surface area contributed by atoms with E-state index in [1.165, 1.54) is 0 Å². The predicted octanol–water partition coefficient (Wildman–Crippen LogP) is 0.175. The van der Waals surface area contributed by atoms with E-state index in [1.807, 2.05) is 0 Å². The number of hydrogen-bond acceptors (Lipinski definition) is 4. The van der Waals surface area contributed by atoms with Gasteiger partial charge in [-0.15, -0.1) is 10.2 Å². The molecule has 1 aliphatic rings. The molecule has 1 radical (unpaired) electrons. The molecule has 0 atom stereocenters. The van der Waals surface area contributed by atoms with Crippen LogP contribution in [0, 0.1) is 0 Å². The zero-order valence-corrected chi connectivity index (χ0v) is 6.47. The summed E-state index contributed by atoms with van der Waals surface area (Å²) in [5.41, 5.74) is 0.651. The van der Waals surface area contributed by atoms with Crippen LogP contribution in [0.1, 0.15) is 12.6 Å². The summed E-state index contributed by atoms with van der Waals surface area (Å²) >= 11 is 0. The number of aromatic nitrogens is 2. The van der Waals surface area contributed by atoms with Crippen LogP contribution in [0.5, 0.6) is 0 Å². The van der Waals surface area contributed by atoms with Crippen LogP contribution >= 0.6 is 0 Å². The quantitative estimate of drug-likeness (QED) is 0.588. The van der Waals surface area contributed by atoms with Crippen molar-refractivity contribution in [2.24, 2.45) is 10.2 Å². The maximum Gasteiger partial charge on any atom is 0.203 e. The van der Waals surface area contributed by atoms with Gasteiger partial charge in [-0.3, -0.25) is 4.98 Å².